The van der Waals surface area contributed by atoms with Gasteiger partial charge in [-0.3, -0.25) is 52.8 Å². The first-order valence-electron chi connectivity index (χ1n) is 31.5. The van der Waals surface area contributed by atoms with Crippen LogP contribution in [-0.4, -0.2) is 225 Å². The molecule has 0 radical (unpaired) electrons. The maximum absolute atomic E-state index is 14.2. The number of phenols is 2. The quantitative estimate of drug-likeness (QED) is 0.0160. The highest BCUT2D eigenvalue weighted by Crippen LogP contribution is 2.53. The minimum absolute atomic E-state index is 0.0131. The number of aliphatic carboxylic acids is 1. The van der Waals surface area contributed by atoms with Gasteiger partial charge in [0.1, 0.15) is 72.6 Å². The van der Waals surface area contributed by atoms with Crippen LogP contribution in [-0.2, 0) is 75.1 Å². The predicted molar refractivity (Wildman–Crippen MR) is 344 cm³/mol. The molecule has 2 fully saturated rings. The molecule has 2 aliphatic heterocycles. The smallest absolute Gasteiger partial charge is 0.407 e. The number of fused-ring (bicyclic) bond motifs is 3. The Bertz CT molecular complexity index is 3630. The second-order valence-corrected chi connectivity index (χ2v) is 25.3. The number of nitrogens with zero attached hydrogens (tertiary/aromatic N) is 1. The second kappa shape index (κ2) is 34.3. The van der Waals surface area contributed by atoms with Crippen molar-refractivity contribution in [2.45, 2.75) is 146 Å². The monoisotopic (exact) mass is 1410 g/mol. The third kappa shape index (κ3) is 19.2. The molecule has 0 spiro atoms. The summed E-state index contributed by atoms with van der Waals surface area (Å²) < 4.78 is 35.0. The van der Waals surface area contributed by atoms with E-state index in [0.29, 0.717) is 0 Å². The number of aromatic hydroxyl groups is 2. The van der Waals surface area contributed by atoms with Crippen LogP contribution in [0.4, 0.5) is 15.3 Å². The summed E-state index contributed by atoms with van der Waals surface area (Å²) in [5, 5.41) is 83.2. The van der Waals surface area contributed by atoms with Gasteiger partial charge in [0.2, 0.25) is 47.1 Å². The van der Waals surface area contributed by atoms with Gasteiger partial charge in [-0.2, -0.15) is 0 Å². The van der Waals surface area contributed by atoms with Crippen LogP contribution in [0.5, 0.6) is 23.0 Å². The number of likely N-dealkylation sites (tertiary alicyclic amines) is 1. The van der Waals surface area contributed by atoms with Crippen LogP contribution >= 0.6 is 11.8 Å². The van der Waals surface area contributed by atoms with E-state index in [0.717, 1.165) is 23.6 Å². The summed E-state index contributed by atoms with van der Waals surface area (Å²) in [4.78, 5) is 168. The molecule has 15 N–H and O–H groups in total. The number of phenolic OH excluding ortho intramolecular Hbond substituents is 2. The van der Waals surface area contributed by atoms with Crippen molar-refractivity contribution in [3.63, 3.8) is 0 Å². The lowest BCUT2D eigenvalue weighted by Crippen LogP contribution is -2.56. The molecule has 3 aromatic carbocycles. The van der Waals surface area contributed by atoms with E-state index >= 15 is 0 Å². The van der Waals surface area contributed by atoms with Crippen LogP contribution < -0.4 is 52.4 Å². The van der Waals surface area contributed by atoms with Crippen LogP contribution in [0.2, 0.25) is 0 Å². The van der Waals surface area contributed by atoms with Gasteiger partial charge < -0.3 is 102 Å². The molecule has 99 heavy (non-hydrogen) atoms. The van der Waals surface area contributed by atoms with E-state index in [-0.39, 0.29) is 122 Å². The Balaban J connectivity index is 1.03. The van der Waals surface area contributed by atoms with Crippen molar-refractivity contribution in [1.82, 2.24) is 36.8 Å². The molecule has 2 aliphatic carbocycles. The molecule has 0 bridgehead atoms. The molecule has 4 aliphatic rings. The zero-order valence-electron chi connectivity index (χ0n) is 54.9. The normalized spacial score (nSPS) is 21.0. The predicted octanol–water partition coefficient (Wildman–Crippen LogP) is -0.647. The molecule has 7 rings (SSSR count). The van der Waals surface area contributed by atoms with Gasteiger partial charge in [-0.25, -0.2) is 14.4 Å². The average Bonchev–Trinajstić information content (AvgIpc) is 1.20. The molecule has 0 saturated carbocycles. The Kier molecular flexibility index (Phi) is 26.6. The summed E-state index contributed by atoms with van der Waals surface area (Å²) in [6, 6.07) is 2.76. The molecule has 538 valence electrons. The number of hydrogen-bond acceptors (Lipinski definition) is 25. The van der Waals surface area contributed by atoms with Crippen LogP contribution in [0.25, 0.3) is 0 Å². The zero-order chi connectivity index (χ0) is 72.7. The molecule has 34 nitrogen and oxygen atoms in total. The van der Waals surface area contributed by atoms with Gasteiger partial charge in [-0.1, -0.05) is 26.0 Å². The minimum Gasteiger partial charge on any atom is -0.507 e. The number of primary amides is 1. The molecule has 35 heteroatoms. The number of anilines is 1. The number of rotatable bonds is 33. The van der Waals surface area contributed by atoms with Crippen molar-refractivity contribution in [3.05, 3.63) is 75.3 Å². The highest BCUT2D eigenvalue weighted by atomic mass is 32.2. The van der Waals surface area contributed by atoms with E-state index in [1.807, 2.05) is 0 Å². The number of Topliss-reactive ketones (excluding diaryl/α,β-unsaturated/α-hetero) is 1. The van der Waals surface area contributed by atoms with Crippen LogP contribution in [0.15, 0.2) is 36.4 Å². The van der Waals surface area contributed by atoms with Gasteiger partial charge in [-0.15, -0.1) is 11.8 Å². The standard InChI is InChI=1S/C64H81N9O25S/c1-29(2)52(69-32(5)76)59(86)71-37(10-8-15-67-62(65)90)58(85)70-34-13-12-33(41(21-34)95-20-19-94-18-16-66-45(78)14-17-73-46(79)23-43(60(73)87)99-28-39(61(88)89)68-31(4)75)27-96-63(91)72-38-22-47(97-30(3)53(38)80)98-42-25-64(92,44(77)26-74)24-36-49(42)57(84)51-50(55(36)82)54(81)35-9-7-11-40(93-6)48(35)56(51)83/h7,9,11-13,21,29-30,37-39,42-43,47,52-53,74,80,82,84,92H,8,10,14-20,22-28H2,1-6H3,(H,66,78)(H,68,75)(H,69,76)(H,70,85)(H,71,86)(H,72,91)(H,88,89)(H3,65,67,90)/t30-,37-,38-,39-,42-,43?,47-,52-,53+,64-/m0/s1. The molecule has 2 heterocycles. The number of aliphatic hydroxyl groups is 3. The number of carbonyl (C=O) groups excluding carboxylic acids is 12. The number of hydrogen-bond donors (Lipinski definition) is 14. The topological polar surface area (TPSA) is 512 Å². The van der Waals surface area contributed by atoms with Crippen LogP contribution in [0.3, 0.4) is 0 Å². The third-order valence-electron chi connectivity index (χ3n) is 16.6. The zero-order valence-corrected chi connectivity index (χ0v) is 55.7. The Morgan fingerprint density at radius 1 is 0.859 bits per heavy atom. The number of alkyl carbamates (subject to hydrolysis) is 1. The highest BCUT2D eigenvalue weighted by molar-refractivity contribution is 8.00. The number of carboxylic acids is 1. The number of methoxy groups -OCH3 is 1. The third-order valence-corrected chi connectivity index (χ3v) is 17.9. The van der Waals surface area contributed by atoms with Crippen LogP contribution in [0, 0.1) is 5.92 Å². The van der Waals surface area contributed by atoms with Crippen molar-refractivity contribution in [1.29, 1.82) is 0 Å². The SMILES string of the molecule is COc1cccc2c1C(=O)c1c(O)c3c(c(O)c1C2=O)C[C@@](O)(C(=O)CO)C[C@@H]3O[C@H]1C[C@H](NC(=O)OCc2ccc(NC(=O)[C@H](CCCNC(N)=O)NC(=O)[C@@H](NC(C)=O)C(C)C)cc2OCCOCCNC(=O)CCN2C(=O)CC(SC[C@H](NC(C)=O)C(=O)O)C2=O)[C@H](O)[C@H](C)O1. The Labute approximate surface area is 570 Å². The molecule has 1 unspecified atom stereocenters. The van der Waals surface area contributed by atoms with Crippen molar-refractivity contribution in [2.75, 3.05) is 64.2 Å². The Morgan fingerprint density at radius 3 is 2.24 bits per heavy atom. The molecule has 10 atom stereocenters. The number of nitrogens with two attached hydrogens (primary N) is 1. The van der Waals surface area contributed by atoms with E-state index in [1.54, 1.807) is 13.8 Å². The minimum atomic E-state index is -2.48. The first kappa shape index (κ1) is 76.8. The molecule has 0 aromatic heterocycles. The number of aliphatic hydroxyl groups excluding tert-OH is 2. The Morgan fingerprint density at radius 2 is 1.58 bits per heavy atom. The lowest BCUT2D eigenvalue weighted by molar-refractivity contribution is -0.249. The van der Waals surface area contributed by atoms with Crippen molar-refractivity contribution < 1.29 is 121 Å². The Hall–Kier alpha value is -9.52. The number of ketones is 3. The van der Waals surface area contributed by atoms with Gasteiger partial charge in [0.05, 0.1) is 60.5 Å². The number of nitrogens with one attached hydrogen (secondary N) is 7. The van der Waals surface area contributed by atoms with Crippen LogP contribution in [0.1, 0.15) is 128 Å². The fourth-order valence-corrected chi connectivity index (χ4v) is 12.8. The summed E-state index contributed by atoms with van der Waals surface area (Å²) in [7, 11) is 1.26. The number of amides is 10. The lowest BCUT2D eigenvalue weighted by Gasteiger charge is -2.42. The second-order valence-electron chi connectivity index (χ2n) is 24.1. The molecular formula is C64H81N9O25S. The first-order valence-corrected chi connectivity index (χ1v) is 32.6. The number of imide groups is 1. The summed E-state index contributed by atoms with van der Waals surface area (Å²) in [5.41, 5.74) is 0.768. The number of urea groups is 1. The summed E-state index contributed by atoms with van der Waals surface area (Å²) in [6.45, 7) is 4.82. The highest BCUT2D eigenvalue weighted by Gasteiger charge is 2.51. The number of carboxylic acid groups (broad SMARTS) is 1. The first-order chi connectivity index (χ1) is 46.9. The lowest BCUT2D eigenvalue weighted by atomic mass is 9.72. The molecule has 2 saturated heterocycles. The maximum atomic E-state index is 14.2. The van der Waals surface area contributed by atoms with Crippen molar-refractivity contribution in [2.24, 2.45) is 11.7 Å². The summed E-state index contributed by atoms with van der Waals surface area (Å²) >= 11 is 0.899. The number of ether oxygens (including phenoxy) is 6. The molecule has 10 amide bonds. The number of benzene rings is 3. The summed E-state index contributed by atoms with van der Waals surface area (Å²) in [5.74, 6) is -10.7. The van der Waals surface area contributed by atoms with E-state index < -0.39 is 191 Å². The maximum Gasteiger partial charge on any atom is 0.407 e. The van der Waals surface area contributed by atoms with Gasteiger partial charge in [-0.05, 0) is 43.9 Å². The average molecular weight is 1410 g/mol. The molecule has 3 aromatic rings. The van der Waals surface area contributed by atoms with E-state index in [9.17, 15) is 93.0 Å². The largest absolute Gasteiger partial charge is 0.507 e. The summed E-state index contributed by atoms with van der Waals surface area (Å²) in [6.07, 6.45) is -8.98. The fourth-order valence-electron chi connectivity index (χ4n) is 11.6. The van der Waals surface area contributed by atoms with Crippen molar-refractivity contribution in [3.8, 4) is 23.0 Å². The van der Waals surface area contributed by atoms with Gasteiger partial charge in [0, 0.05) is 105 Å². The van der Waals surface area contributed by atoms with Gasteiger partial charge >= 0.3 is 18.1 Å². The van der Waals surface area contributed by atoms with Gasteiger partial charge in [0.15, 0.2) is 17.9 Å². The number of thioether (sulfide) groups is 1. The van der Waals surface area contributed by atoms with E-state index in [1.165, 1.54) is 57.4 Å². The van der Waals surface area contributed by atoms with Crippen molar-refractivity contribution >= 4 is 94.2 Å². The molecular weight excluding hydrogens is 1330 g/mol. The number of carbonyl (C=O) groups is 13. The van der Waals surface area contributed by atoms with E-state index in [2.05, 4.69) is 37.2 Å². The van der Waals surface area contributed by atoms with E-state index in [4.69, 9.17) is 34.2 Å². The van der Waals surface area contributed by atoms with Gasteiger partial charge in [0.25, 0.3) is 0 Å². The fraction of sp³-hybridized carbons (Fsp3) is 0.516.